The van der Waals surface area contributed by atoms with E-state index in [1.54, 1.807) is 11.3 Å². The van der Waals surface area contributed by atoms with E-state index in [-0.39, 0.29) is 0 Å². The summed E-state index contributed by atoms with van der Waals surface area (Å²) in [5.41, 5.74) is 5.40. The number of hydrogen-bond acceptors (Lipinski definition) is 4. The standard InChI is InChI=1S/C18H14N4S/c1-2-9-15-12(6-1)20-18(23-15)16-14-8-5-11-22(14)21-17(16)13-7-3-4-10-19-13/h1-4,6-7,9-10H,5,8,11H2. The van der Waals surface area contributed by atoms with Gasteiger partial charge in [0.2, 0.25) is 0 Å². The molecule has 0 N–H and O–H groups in total. The van der Waals surface area contributed by atoms with Crippen molar-refractivity contribution in [2.45, 2.75) is 19.4 Å². The summed E-state index contributed by atoms with van der Waals surface area (Å²) in [6.45, 7) is 0.986. The topological polar surface area (TPSA) is 43.6 Å². The number of fused-ring (bicyclic) bond motifs is 2. The summed E-state index contributed by atoms with van der Waals surface area (Å²) in [4.78, 5) is 9.36. The number of para-hydroxylation sites is 1. The third-order valence-electron chi connectivity index (χ3n) is 4.26. The van der Waals surface area contributed by atoms with E-state index in [1.165, 1.54) is 16.0 Å². The maximum Gasteiger partial charge on any atom is 0.128 e. The third-order valence-corrected chi connectivity index (χ3v) is 5.31. The lowest BCUT2D eigenvalue weighted by Gasteiger charge is -2.00. The second kappa shape index (κ2) is 4.99. The van der Waals surface area contributed by atoms with E-state index in [1.807, 2.05) is 30.5 Å². The van der Waals surface area contributed by atoms with Crippen LogP contribution in [0.25, 0.3) is 32.2 Å². The predicted octanol–water partition coefficient (Wildman–Crippen LogP) is 4.17. The molecule has 5 heteroatoms. The third kappa shape index (κ3) is 2.00. The van der Waals surface area contributed by atoms with Crippen molar-refractivity contribution < 1.29 is 0 Å². The molecule has 0 amide bonds. The van der Waals surface area contributed by atoms with Gasteiger partial charge in [0.1, 0.15) is 10.7 Å². The lowest BCUT2D eigenvalue weighted by atomic mass is 10.1. The lowest BCUT2D eigenvalue weighted by Crippen LogP contribution is -1.94. The van der Waals surface area contributed by atoms with Crippen molar-refractivity contribution in [2.75, 3.05) is 0 Å². The highest BCUT2D eigenvalue weighted by Gasteiger charge is 2.26. The molecule has 1 aliphatic heterocycles. The van der Waals surface area contributed by atoms with Crippen LogP contribution in [0.3, 0.4) is 0 Å². The van der Waals surface area contributed by atoms with Gasteiger partial charge in [-0.25, -0.2) is 4.98 Å². The van der Waals surface area contributed by atoms with Crippen LogP contribution < -0.4 is 0 Å². The molecule has 0 saturated heterocycles. The van der Waals surface area contributed by atoms with Crippen LogP contribution in [-0.4, -0.2) is 19.7 Å². The van der Waals surface area contributed by atoms with Gasteiger partial charge >= 0.3 is 0 Å². The molecule has 0 atom stereocenters. The Hall–Kier alpha value is -2.53. The van der Waals surface area contributed by atoms with E-state index >= 15 is 0 Å². The molecule has 0 bridgehead atoms. The van der Waals surface area contributed by atoms with Gasteiger partial charge in [-0.05, 0) is 37.1 Å². The van der Waals surface area contributed by atoms with Crippen molar-refractivity contribution in [3.05, 3.63) is 54.4 Å². The van der Waals surface area contributed by atoms with E-state index in [2.05, 4.69) is 27.9 Å². The van der Waals surface area contributed by atoms with Gasteiger partial charge in [-0.2, -0.15) is 5.10 Å². The number of aryl methyl sites for hydroxylation is 1. The SMILES string of the molecule is c1ccc(-c2nn3c(c2-c2nc4ccccc4s2)CCC3)nc1. The molecule has 4 aromatic rings. The van der Waals surface area contributed by atoms with Crippen LogP contribution >= 0.6 is 11.3 Å². The van der Waals surface area contributed by atoms with Crippen molar-refractivity contribution in [1.82, 2.24) is 19.7 Å². The van der Waals surface area contributed by atoms with E-state index in [4.69, 9.17) is 10.1 Å². The summed E-state index contributed by atoms with van der Waals surface area (Å²) in [6.07, 6.45) is 4.04. The van der Waals surface area contributed by atoms with Crippen LogP contribution in [0.1, 0.15) is 12.1 Å². The van der Waals surface area contributed by atoms with Crippen molar-refractivity contribution in [3.8, 4) is 22.0 Å². The Kier molecular flexibility index (Phi) is 2.81. The highest BCUT2D eigenvalue weighted by atomic mass is 32.1. The minimum atomic E-state index is 0.920. The number of rotatable bonds is 2. The fourth-order valence-corrected chi connectivity index (χ4v) is 4.25. The predicted molar refractivity (Wildman–Crippen MR) is 92.4 cm³/mol. The van der Waals surface area contributed by atoms with Gasteiger partial charge in [0.05, 0.1) is 21.5 Å². The molecule has 0 spiro atoms. The molecule has 4 nitrogen and oxygen atoms in total. The fraction of sp³-hybridized carbons (Fsp3) is 0.167. The summed E-state index contributed by atoms with van der Waals surface area (Å²) in [6, 6.07) is 14.3. The average molecular weight is 318 g/mol. The first-order valence-corrected chi connectivity index (χ1v) is 8.59. The van der Waals surface area contributed by atoms with Gasteiger partial charge in [-0.3, -0.25) is 9.67 Å². The first kappa shape index (κ1) is 13.0. The first-order chi connectivity index (χ1) is 11.4. The molecular formula is C18H14N4S. The van der Waals surface area contributed by atoms with Gasteiger partial charge in [-0.15, -0.1) is 11.3 Å². The number of hydrogen-bond donors (Lipinski definition) is 0. The van der Waals surface area contributed by atoms with Gasteiger partial charge in [-0.1, -0.05) is 18.2 Å². The highest BCUT2D eigenvalue weighted by Crippen LogP contribution is 2.40. The zero-order valence-electron chi connectivity index (χ0n) is 12.4. The molecule has 1 aliphatic rings. The Balaban J connectivity index is 1.78. The average Bonchev–Trinajstić information content (AvgIpc) is 3.28. The van der Waals surface area contributed by atoms with Gasteiger partial charge in [0.15, 0.2) is 0 Å². The summed E-state index contributed by atoms with van der Waals surface area (Å²) >= 11 is 1.74. The molecule has 4 heterocycles. The largest absolute Gasteiger partial charge is 0.268 e. The van der Waals surface area contributed by atoms with Gasteiger partial charge < -0.3 is 0 Å². The molecule has 112 valence electrons. The van der Waals surface area contributed by atoms with E-state index in [0.717, 1.165) is 41.3 Å². The summed E-state index contributed by atoms with van der Waals surface area (Å²) in [5.74, 6) is 0. The molecule has 0 fully saturated rings. The van der Waals surface area contributed by atoms with Crippen molar-refractivity contribution in [2.24, 2.45) is 0 Å². The van der Waals surface area contributed by atoms with E-state index in [0.29, 0.717) is 0 Å². The van der Waals surface area contributed by atoms with Crippen molar-refractivity contribution >= 4 is 21.6 Å². The highest BCUT2D eigenvalue weighted by molar-refractivity contribution is 7.21. The summed E-state index contributed by atoms with van der Waals surface area (Å²) in [5, 5.41) is 5.88. The molecule has 0 radical (unpaired) electrons. The number of benzene rings is 1. The maximum atomic E-state index is 4.86. The fourth-order valence-electron chi connectivity index (χ4n) is 3.22. The maximum absolute atomic E-state index is 4.86. The zero-order chi connectivity index (χ0) is 15.2. The van der Waals surface area contributed by atoms with E-state index < -0.39 is 0 Å². The zero-order valence-corrected chi connectivity index (χ0v) is 13.3. The molecule has 0 unspecified atom stereocenters. The molecule has 0 aliphatic carbocycles. The second-order valence-corrected chi connectivity index (χ2v) is 6.73. The van der Waals surface area contributed by atoms with Crippen LogP contribution in [0.2, 0.25) is 0 Å². The Bertz CT molecular complexity index is 967. The lowest BCUT2D eigenvalue weighted by molar-refractivity contribution is 0.658. The minimum absolute atomic E-state index is 0.920. The second-order valence-electron chi connectivity index (χ2n) is 5.70. The van der Waals surface area contributed by atoms with Crippen LogP contribution in [0, 0.1) is 0 Å². The number of thiazole rings is 1. The molecule has 5 rings (SSSR count). The molecule has 0 saturated carbocycles. The van der Waals surface area contributed by atoms with Gasteiger partial charge in [0, 0.05) is 18.4 Å². The van der Waals surface area contributed by atoms with Crippen LogP contribution in [0.5, 0.6) is 0 Å². The number of nitrogens with zero attached hydrogens (tertiary/aromatic N) is 4. The Morgan fingerprint density at radius 2 is 1.96 bits per heavy atom. The van der Waals surface area contributed by atoms with Crippen molar-refractivity contribution in [1.29, 1.82) is 0 Å². The van der Waals surface area contributed by atoms with Crippen molar-refractivity contribution in [3.63, 3.8) is 0 Å². The first-order valence-electron chi connectivity index (χ1n) is 7.77. The van der Waals surface area contributed by atoms with Crippen LogP contribution in [0.15, 0.2) is 48.7 Å². The molecule has 23 heavy (non-hydrogen) atoms. The minimum Gasteiger partial charge on any atom is -0.268 e. The smallest absolute Gasteiger partial charge is 0.128 e. The van der Waals surface area contributed by atoms with E-state index in [9.17, 15) is 0 Å². The Labute approximate surface area is 137 Å². The Morgan fingerprint density at radius 3 is 2.83 bits per heavy atom. The summed E-state index contributed by atoms with van der Waals surface area (Å²) in [7, 11) is 0. The molecule has 3 aromatic heterocycles. The Morgan fingerprint density at radius 1 is 1.04 bits per heavy atom. The number of aromatic nitrogens is 4. The molecule has 1 aromatic carbocycles. The molecular weight excluding hydrogens is 304 g/mol. The quantitative estimate of drug-likeness (QED) is 0.557. The summed E-state index contributed by atoms with van der Waals surface area (Å²) < 4.78 is 3.35. The normalized spacial score (nSPS) is 13.6. The van der Waals surface area contributed by atoms with Crippen LogP contribution in [-0.2, 0) is 13.0 Å². The van der Waals surface area contributed by atoms with Gasteiger partial charge in [0.25, 0.3) is 0 Å². The number of pyridine rings is 1. The monoisotopic (exact) mass is 318 g/mol. The van der Waals surface area contributed by atoms with Crippen LogP contribution in [0.4, 0.5) is 0 Å².